The van der Waals surface area contributed by atoms with Gasteiger partial charge < -0.3 is 14.6 Å². The zero-order chi connectivity index (χ0) is 18.8. The highest BCUT2D eigenvalue weighted by Crippen LogP contribution is 2.23. The number of carbonyl (C=O) groups is 3. The predicted octanol–water partition coefficient (Wildman–Crippen LogP) is 2.11. The third-order valence-electron chi connectivity index (χ3n) is 4.49. The summed E-state index contributed by atoms with van der Waals surface area (Å²) in [4.78, 5) is 37.0. The van der Waals surface area contributed by atoms with Gasteiger partial charge in [-0.1, -0.05) is 18.2 Å². The maximum Gasteiger partial charge on any atom is 0.340 e. The number of urea groups is 1. The van der Waals surface area contributed by atoms with Crippen molar-refractivity contribution in [2.45, 2.75) is 20.8 Å². The SMILES string of the molecule is Cc1ccccc1-n1c(C)cc(C(=O)OCC(=O)N2CCNC2=O)c1C. The van der Waals surface area contributed by atoms with Crippen molar-refractivity contribution in [2.75, 3.05) is 19.7 Å². The summed E-state index contributed by atoms with van der Waals surface area (Å²) in [5, 5.41) is 2.54. The Kier molecular flexibility index (Phi) is 4.79. The van der Waals surface area contributed by atoms with Crippen molar-refractivity contribution >= 4 is 17.9 Å². The highest BCUT2D eigenvalue weighted by Gasteiger charge is 2.27. The van der Waals surface area contributed by atoms with Crippen LogP contribution in [-0.2, 0) is 9.53 Å². The number of esters is 1. The first-order valence-corrected chi connectivity index (χ1v) is 8.40. The van der Waals surface area contributed by atoms with E-state index < -0.39 is 24.5 Å². The van der Waals surface area contributed by atoms with Gasteiger partial charge in [0.05, 0.1) is 5.56 Å². The van der Waals surface area contributed by atoms with Gasteiger partial charge in [-0.05, 0) is 38.5 Å². The Morgan fingerprint density at radius 3 is 2.58 bits per heavy atom. The van der Waals surface area contributed by atoms with Gasteiger partial charge in [0.1, 0.15) is 0 Å². The molecule has 3 amide bonds. The first-order valence-electron chi connectivity index (χ1n) is 8.40. The number of carbonyl (C=O) groups excluding carboxylic acids is 3. The van der Waals surface area contributed by atoms with Gasteiger partial charge in [0.25, 0.3) is 5.91 Å². The fourth-order valence-corrected chi connectivity index (χ4v) is 3.15. The summed E-state index contributed by atoms with van der Waals surface area (Å²) in [7, 11) is 0. The van der Waals surface area contributed by atoms with Crippen LogP contribution in [0.5, 0.6) is 0 Å². The Labute approximate surface area is 151 Å². The lowest BCUT2D eigenvalue weighted by atomic mass is 10.2. The molecule has 26 heavy (non-hydrogen) atoms. The van der Waals surface area contributed by atoms with E-state index in [4.69, 9.17) is 4.74 Å². The highest BCUT2D eigenvalue weighted by atomic mass is 16.5. The number of benzene rings is 1. The van der Waals surface area contributed by atoms with Crippen LogP contribution in [0.2, 0.25) is 0 Å². The molecule has 2 aromatic rings. The van der Waals surface area contributed by atoms with Gasteiger partial charge in [-0.3, -0.25) is 9.69 Å². The first-order chi connectivity index (χ1) is 12.4. The van der Waals surface area contributed by atoms with Crippen LogP contribution >= 0.6 is 0 Å². The molecule has 0 aliphatic carbocycles. The second kappa shape index (κ2) is 7.03. The normalized spacial score (nSPS) is 13.7. The third-order valence-corrected chi connectivity index (χ3v) is 4.49. The summed E-state index contributed by atoms with van der Waals surface area (Å²) in [6, 6.07) is 9.19. The van der Waals surface area contributed by atoms with Crippen molar-refractivity contribution in [3.8, 4) is 5.69 Å². The molecule has 1 fully saturated rings. The maximum absolute atomic E-state index is 12.4. The van der Waals surface area contributed by atoms with Crippen molar-refractivity contribution in [3.63, 3.8) is 0 Å². The Morgan fingerprint density at radius 1 is 1.19 bits per heavy atom. The molecule has 1 N–H and O–H groups in total. The zero-order valence-corrected chi connectivity index (χ0v) is 15.0. The van der Waals surface area contributed by atoms with Crippen LogP contribution in [0.1, 0.15) is 27.3 Å². The van der Waals surface area contributed by atoms with E-state index in [9.17, 15) is 14.4 Å². The molecule has 2 heterocycles. The molecular weight excluding hydrogens is 334 g/mol. The molecule has 0 unspecified atom stereocenters. The van der Waals surface area contributed by atoms with Gasteiger partial charge in [0, 0.05) is 30.2 Å². The van der Waals surface area contributed by atoms with E-state index >= 15 is 0 Å². The van der Waals surface area contributed by atoms with E-state index in [-0.39, 0.29) is 6.54 Å². The summed E-state index contributed by atoms with van der Waals surface area (Å²) in [5.74, 6) is -1.10. The Morgan fingerprint density at radius 2 is 1.92 bits per heavy atom. The maximum atomic E-state index is 12.4. The molecule has 1 aliphatic rings. The number of aromatic nitrogens is 1. The lowest BCUT2D eigenvalue weighted by molar-refractivity contribution is -0.130. The summed E-state index contributed by atoms with van der Waals surface area (Å²) < 4.78 is 7.13. The van der Waals surface area contributed by atoms with E-state index in [1.807, 2.05) is 49.6 Å². The zero-order valence-electron chi connectivity index (χ0n) is 15.0. The fraction of sp³-hybridized carbons (Fsp3) is 0.316. The van der Waals surface area contributed by atoms with Crippen LogP contribution in [0, 0.1) is 20.8 Å². The number of imide groups is 1. The van der Waals surface area contributed by atoms with Gasteiger partial charge in [0.2, 0.25) is 0 Å². The minimum absolute atomic E-state index is 0.289. The highest BCUT2D eigenvalue weighted by molar-refractivity contribution is 5.98. The Hall–Kier alpha value is -3.09. The Balaban J connectivity index is 1.77. The van der Waals surface area contributed by atoms with Crippen LogP contribution in [-0.4, -0.2) is 47.1 Å². The molecule has 1 saturated heterocycles. The molecule has 0 saturated carbocycles. The molecule has 0 atom stereocenters. The number of nitrogens with zero attached hydrogens (tertiary/aromatic N) is 2. The van der Waals surface area contributed by atoms with Crippen LogP contribution in [0.15, 0.2) is 30.3 Å². The van der Waals surface area contributed by atoms with Gasteiger partial charge in [-0.2, -0.15) is 0 Å². The number of aryl methyl sites for hydroxylation is 2. The lowest BCUT2D eigenvalue weighted by Gasteiger charge is -2.13. The molecule has 0 bridgehead atoms. The number of para-hydroxylation sites is 1. The van der Waals surface area contributed by atoms with Gasteiger partial charge in [-0.15, -0.1) is 0 Å². The summed E-state index contributed by atoms with van der Waals surface area (Å²) in [6.45, 7) is 6.00. The number of hydrogen-bond donors (Lipinski definition) is 1. The van der Waals surface area contributed by atoms with Crippen molar-refractivity contribution in [1.29, 1.82) is 0 Å². The van der Waals surface area contributed by atoms with Crippen LogP contribution in [0.4, 0.5) is 4.79 Å². The number of amides is 3. The Bertz CT molecular complexity index is 885. The monoisotopic (exact) mass is 355 g/mol. The summed E-state index contributed by atoms with van der Waals surface area (Å²) in [5.41, 5.74) is 4.13. The third kappa shape index (κ3) is 3.20. The molecule has 0 radical (unpaired) electrons. The van der Waals surface area contributed by atoms with E-state index in [1.54, 1.807) is 6.07 Å². The van der Waals surface area contributed by atoms with E-state index in [1.165, 1.54) is 0 Å². The van der Waals surface area contributed by atoms with Gasteiger partial charge in [-0.25, -0.2) is 9.59 Å². The molecule has 0 spiro atoms. The van der Waals surface area contributed by atoms with E-state index in [0.717, 1.165) is 27.5 Å². The predicted molar refractivity (Wildman–Crippen MR) is 95.4 cm³/mol. The van der Waals surface area contributed by atoms with Crippen LogP contribution in [0.3, 0.4) is 0 Å². The molecule has 1 aliphatic heterocycles. The van der Waals surface area contributed by atoms with Crippen LogP contribution < -0.4 is 5.32 Å². The van der Waals surface area contributed by atoms with Crippen molar-refractivity contribution in [3.05, 3.63) is 52.8 Å². The number of ether oxygens (including phenoxy) is 1. The largest absolute Gasteiger partial charge is 0.452 e. The standard InChI is InChI=1S/C19H21N3O4/c1-12-6-4-5-7-16(12)22-13(2)10-15(14(22)3)18(24)26-11-17(23)21-9-8-20-19(21)25/h4-7,10H,8-9,11H2,1-3H3,(H,20,25). The van der Waals surface area contributed by atoms with Crippen molar-refractivity contribution < 1.29 is 19.1 Å². The molecule has 7 nitrogen and oxygen atoms in total. The molecule has 1 aromatic carbocycles. The minimum Gasteiger partial charge on any atom is -0.452 e. The topological polar surface area (TPSA) is 80.6 Å². The average Bonchev–Trinajstić information content (AvgIpc) is 3.16. The second-order valence-corrected chi connectivity index (χ2v) is 6.26. The lowest BCUT2D eigenvalue weighted by Crippen LogP contribution is -2.37. The smallest absolute Gasteiger partial charge is 0.340 e. The number of nitrogens with one attached hydrogen (secondary N) is 1. The molecule has 136 valence electrons. The van der Waals surface area contributed by atoms with Gasteiger partial charge >= 0.3 is 12.0 Å². The number of hydrogen-bond acceptors (Lipinski definition) is 4. The van der Waals surface area contributed by atoms with Gasteiger partial charge in [0.15, 0.2) is 6.61 Å². The first kappa shape index (κ1) is 17.7. The molecule has 3 rings (SSSR count). The number of rotatable bonds is 4. The quantitative estimate of drug-likeness (QED) is 0.852. The van der Waals surface area contributed by atoms with Crippen LogP contribution in [0.25, 0.3) is 5.69 Å². The molecule has 1 aromatic heterocycles. The minimum atomic E-state index is -0.578. The summed E-state index contributed by atoms with van der Waals surface area (Å²) in [6.07, 6.45) is 0. The molecular formula is C19H21N3O4. The van der Waals surface area contributed by atoms with Crippen molar-refractivity contribution in [2.24, 2.45) is 0 Å². The fourth-order valence-electron chi connectivity index (χ4n) is 3.15. The summed E-state index contributed by atoms with van der Waals surface area (Å²) >= 11 is 0. The second-order valence-electron chi connectivity index (χ2n) is 6.26. The van der Waals surface area contributed by atoms with E-state index in [0.29, 0.717) is 12.1 Å². The van der Waals surface area contributed by atoms with E-state index in [2.05, 4.69) is 5.32 Å². The molecule has 7 heteroatoms. The average molecular weight is 355 g/mol. The van der Waals surface area contributed by atoms with Crippen molar-refractivity contribution in [1.82, 2.24) is 14.8 Å².